The summed E-state index contributed by atoms with van der Waals surface area (Å²) in [4.78, 5) is 28.9. The molecule has 0 heterocycles. The fourth-order valence-corrected chi connectivity index (χ4v) is 4.01. The fraction of sp³-hybridized carbons (Fsp3) is 0.310. The van der Waals surface area contributed by atoms with E-state index in [1.54, 1.807) is 17.0 Å². The standard InChI is InChI=1S/C29H33ClN2O2/c1-4-22(3)31-29(34)27(18-23-10-6-5-7-11-23)32(20-25-12-8-9-21(2)17-25)28(33)19-24-13-15-26(30)16-14-24/h5-17,22,27H,4,18-20H2,1-3H3,(H,31,34). The van der Waals surface area contributed by atoms with E-state index in [4.69, 9.17) is 11.6 Å². The molecule has 3 rings (SSSR count). The van der Waals surface area contributed by atoms with Crippen molar-refractivity contribution in [3.8, 4) is 0 Å². The molecule has 2 amide bonds. The van der Waals surface area contributed by atoms with Crippen LogP contribution in [0.25, 0.3) is 0 Å². The number of hydrogen-bond donors (Lipinski definition) is 1. The van der Waals surface area contributed by atoms with Gasteiger partial charge in [-0.25, -0.2) is 0 Å². The summed E-state index contributed by atoms with van der Waals surface area (Å²) >= 11 is 6.03. The van der Waals surface area contributed by atoms with Gasteiger partial charge >= 0.3 is 0 Å². The first-order valence-corrected chi connectivity index (χ1v) is 12.2. The van der Waals surface area contributed by atoms with Gasteiger partial charge in [0, 0.05) is 24.0 Å². The molecule has 0 aromatic heterocycles. The highest BCUT2D eigenvalue weighted by molar-refractivity contribution is 6.30. The van der Waals surface area contributed by atoms with Crippen molar-refractivity contribution in [3.05, 3.63) is 106 Å². The second-order valence-electron chi connectivity index (χ2n) is 8.84. The van der Waals surface area contributed by atoms with E-state index in [2.05, 4.69) is 11.4 Å². The Morgan fingerprint density at radius 1 is 0.912 bits per heavy atom. The second kappa shape index (κ2) is 12.4. The number of benzene rings is 3. The van der Waals surface area contributed by atoms with Gasteiger partial charge in [-0.3, -0.25) is 9.59 Å². The van der Waals surface area contributed by atoms with Gasteiger partial charge in [-0.1, -0.05) is 90.8 Å². The summed E-state index contributed by atoms with van der Waals surface area (Å²) in [5.74, 6) is -0.223. The Morgan fingerprint density at radius 2 is 1.59 bits per heavy atom. The average Bonchev–Trinajstić information content (AvgIpc) is 2.83. The zero-order valence-electron chi connectivity index (χ0n) is 20.1. The molecule has 4 nitrogen and oxygen atoms in total. The van der Waals surface area contributed by atoms with E-state index >= 15 is 0 Å². The lowest BCUT2D eigenvalue weighted by Crippen LogP contribution is -2.52. The molecule has 1 N–H and O–H groups in total. The monoisotopic (exact) mass is 476 g/mol. The molecule has 3 aromatic rings. The van der Waals surface area contributed by atoms with Gasteiger partial charge in [0.05, 0.1) is 6.42 Å². The molecular formula is C29H33ClN2O2. The molecular weight excluding hydrogens is 444 g/mol. The van der Waals surface area contributed by atoms with Gasteiger partial charge in [0.2, 0.25) is 11.8 Å². The molecule has 178 valence electrons. The molecule has 0 aliphatic carbocycles. The van der Waals surface area contributed by atoms with Crippen molar-refractivity contribution in [3.63, 3.8) is 0 Å². The smallest absolute Gasteiger partial charge is 0.243 e. The van der Waals surface area contributed by atoms with Gasteiger partial charge in [0.25, 0.3) is 0 Å². The molecule has 5 heteroatoms. The van der Waals surface area contributed by atoms with Crippen molar-refractivity contribution < 1.29 is 9.59 Å². The van der Waals surface area contributed by atoms with Gasteiger partial charge in [-0.05, 0) is 49.1 Å². The van der Waals surface area contributed by atoms with E-state index in [1.807, 2.05) is 81.4 Å². The largest absolute Gasteiger partial charge is 0.352 e. The maximum Gasteiger partial charge on any atom is 0.243 e. The lowest BCUT2D eigenvalue weighted by atomic mass is 10.0. The van der Waals surface area contributed by atoms with Crippen LogP contribution in [0.2, 0.25) is 5.02 Å². The Bertz CT molecular complexity index is 1080. The summed E-state index contributed by atoms with van der Waals surface area (Å²) in [6.07, 6.45) is 1.46. The molecule has 0 aliphatic heterocycles. The van der Waals surface area contributed by atoms with Crippen molar-refractivity contribution in [2.75, 3.05) is 0 Å². The fourth-order valence-electron chi connectivity index (χ4n) is 3.88. The first kappa shape index (κ1) is 25.5. The maximum absolute atomic E-state index is 13.7. The molecule has 2 atom stereocenters. The minimum Gasteiger partial charge on any atom is -0.352 e. The molecule has 0 bridgehead atoms. The Kier molecular flexibility index (Phi) is 9.29. The minimum atomic E-state index is -0.628. The van der Waals surface area contributed by atoms with Gasteiger partial charge in [0.15, 0.2) is 0 Å². The van der Waals surface area contributed by atoms with Gasteiger partial charge < -0.3 is 10.2 Å². The highest BCUT2D eigenvalue weighted by Gasteiger charge is 2.31. The summed E-state index contributed by atoms with van der Waals surface area (Å²) in [5, 5.41) is 3.73. The molecule has 0 spiro atoms. The SMILES string of the molecule is CCC(C)NC(=O)C(Cc1ccccc1)N(Cc1cccc(C)c1)C(=O)Cc1ccc(Cl)cc1. The van der Waals surface area contributed by atoms with E-state index in [1.165, 1.54) is 0 Å². The zero-order valence-corrected chi connectivity index (χ0v) is 20.9. The maximum atomic E-state index is 13.7. The number of amides is 2. The quantitative estimate of drug-likeness (QED) is 0.405. The first-order valence-electron chi connectivity index (χ1n) is 11.8. The van der Waals surface area contributed by atoms with Crippen LogP contribution >= 0.6 is 11.6 Å². The van der Waals surface area contributed by atoms with Crippen LogP contribution in [0.15, 0.2) is 78.9 Å². The molecule has 34 heavy (non-hydrogen) atoms. The number of nitrogens with zero attached hydrogens (tertiary/aromatic N) is 1. The van der Waals surface area contributed by atoms with Crippen molar-refractivity contribution in [1.29, 1.82) is 0 Å². The molecule has 0 radical (unpaired) electrons. The van der Waals surface area contributed by atoms with Crippen LogP contribution < -0.4 is 5.32 Å². The zero-order chi connectivity index (χ0) is 24.5. The second-order valence-corrected chi connectivity index (χ2v) is 9.27. The van der Waals surface area contributed by atoms with Crippen molar-refractivity contribution in [2.45, 2.75) is 58.7 Å². The van der Waals surface area contributed by atoms with E-state index in [0.29, 0.717) is 18.0 Å². The lowest BCUT2D eigenvalue weighted by molar-refractivity contribution is -0.141. The number of halogens is 1. The predicted octanol–water partition coefficient (Wildman–Crippen LogP) is 5.75. The summed E-state index contributed by atoms with van der Waals surface area (Å²) in [5.41, 5.74) is 4.00. The highest BCUT2D eigenvalue weighted by Crippen LogP contribution is 2.18. The topological polar surface area (TPSA) is 49.4 Å². The summed E-state index contributed by atoms with van der Waals surface area (Å²) < 4.78 is 0. The van der Waals surface area contributed by atoms with Gasteiger partial charge in [0.1, 0.15) is 6.04 Å². The number of carbonyl (C=O) groups excluding carboxylic acids is 2. The van der Waals surface area contributed by atoms with Crippen molar-refractivity contribution >= 4 is 23.4 Å². The molecule has 0 saturated heterocycles. The Labute approximate surface area is 207 Å². The molecule has 0 saturated carbocycles. The predicted molar refractivity (Wildman–Crippen MR) is 139 cm³/mol. The first-order chi connectivity index (χ1) is 16.4. The van der Waals surface area contributed by atoms with Crippen LogP contribution in [0.1, 0.15) is 42.5 Å². The Hall–Kier alpha value is -3.11. The summed E-state index contributed by atoms with van der Waals surface area (Å²) in [6.45, 7) is 6.41. The Morgan fingerprint density at radius 3 is 2.24 bits per heavy atom. The van der Waals surface area contributed by atoms with Gasteiger partial charge in [-0.2, -0.15) is 0 Å². The third-order valence-corrected chi connectivity index (χ3v) is 6.23. The number of carbonyl (C=O) groups is 2. The van der Waals surface area contributed by atoms with Gasteiger partial charge in [-0.15, -0.1) is 0 Å². The van der Waals surface area contributed by atoms with Crippen LogP contribution in [0, 0.1) is 6.92 Å². The number of aryl methyl sites for hydroxylation is 1. The minimum absolute atomic E-state index is 0.0259. The average molecular weight is 477 g/mol. The Balaban J connectivity index is 1.96. The van der Waals surface area contributed by atoms with E-state index in [0.717, 1.165) is 28.7 Å². The van der Waals surface area contributed by atoms with Crippen LogP contribution in [0.4, 0.5) is 0 Å². The number of hydrogen-bond acceptors (Lipinski definition) is 2. The van der Waals surface area contributed by atoms with E-state index in [-0.39, 0.29) is 24.3 Å². The number of rotatable bonds is 10. The summed E-state index contributed by atoms with van der Waals surface area (Å²) in [6, 6.07) is 24.6. The van der Waals surface area contributed by atoms with Crippen LogP contribution in [-0.4, -0.2) is 28.8 Å². The molecule has 2 unspecified atom stereocenters. The van der Waals surface area contributed by atoms with Crippen LogP contribution in [0.5, 0.6) is 0 Å². The third kappa shape index (κ3) is 7.46. The lowest BCUT2D eigenvalue weighted by Gasteiger charge is -2.32. The van der Waals surface area contributed by atoms with Crippen molar-refractivity contribution in [2.24, 2.45) is 0 Å². The summed E-state index contributed by atoms with van der Waals surface area (Å²) in [7, 11) is 0. The van der Waals surface area contributed by atoms with Crippen molar-refractivity contribution in [1.82, 2.24) is 10.2 Å². The third-order valence-electron chi connectivity index (χ3n) is 5.98. The molecule has 0 aliphatic rings. The van der Waals surface area contributed by atoms with Crippen LogP contribution in [-0.2, 0) is 29.0 Å². The van der Waals surface area contributed by atoms with E-state index in [9.17, 15) is 9.59 Å². The van der Waals surface area contributed by atoms with E-state index < -0.39 is 6.04 Å². The van der Waals surface area contributed by atoms with Crippen LogP contribution in [0.3, 0.4) is 0 Å². The normalized spacial score (nSPS) is 12.6. The molecule has 0 fully saturated rings. The highest BCUT2D eigenvalue weighted by atomic mass is 35.5. The number of nitrogens with one attached hydrogen (secondary N) is 1. The molecule has 3 aromatic carbocycles.